The third kappa shape index (κ3) is 3.36. The molecule has 2 aromatic rings. The first kappa shape index (κ1) is 14.8. The second kappa shape index (κ2) is 6.32. The van der Waals surface area contributed by atoms with Crippen molar-refractivity contribution in [1.82, 2.24) is 4.98 Å². The van der Waals surface area contributed by atoms with Crippen molar-refractivity contribution < 1.29 is 9.18 Å². The van der Waals surface area contributed by atoms with Gasteiger partial charge in [0.1, 0.15) is 11.6 Å². The first-order chi connectivity index (χ1) is 10.6. The number of aromatic nitrogens is 1. The first-order valence-corrected chi connectivity index (χ1v) is 7.48. The molecule has 1 saturated carbocycles. The Labute approximate surface area is 132 Å². The minimum atomic E-state index is -0.459. The van der Waals surface area contributed by atoms with E-state index in [0.717, 1.165) is 24.9 Å². The van der Waals surface area contributed by atoms with Crippen LogP contribution in [0.5, 0.6) is 0 Å². The molecule has 3 rings (SSSR count). The van der Waals surface area contributed by atoms with Gasteiger partial charge in [-0.05, 0) is 43.2 Å². The van der Waals surface area contributed by atoms with Crippen molar-refractivity contribution in [2.75, 3.05) is 10.6 Å². The molecule has 0 unspecified atom stereocenters. The van der Waals surface area contributed by atoms with Crippen molar-refractivity contribution in [2.45, 2.75) is 19.3 Å². The standard InChI is InChI=1S/C16H15ClFN3O/c17-13-8-11(4-6-14(13)18)20-12-5-7-15(19-9-12)21-16(22)10-2-1-3-10/h4-10,20H,1-3H2,(H,19,21,22). The Balaban J connectivity index is 1.63. The number of hydrogen-bond acceptors (Lipinski definition) is 3. The number of halogens is 2. The third-order valence-corrected chi connectivity index (χ3v) is 3.99. The number of benzene rings is 1. The fraction of sp³-hybridized carbons (Fsp3) is 0.250. The summed E-state index contributed by atoms with van der Waals surface area (Å²) in [5.41, 5.74) is 1.39. The summed E-state index contributed by atoms with van der Waals surface area (Å²) in [6.07, 6.45) is 4.63. The van der Waals surface area contributed by atoms with E-state index < -0.39 is 5.82 Å². The Kier molecular flexibility index (Phi) is 4.24. The highest BCUT2D eigenvalue weighted by molar-refractivity contribution is 6.31. The third-order valence-electron chi connectivity index (χ3n) is 3.70. The summed E-state index contributed by atoms with van der Waals surface area (Å²) in [7, 11) is 0. The average molecular weight is 320 g/mol. The van der Waals surface area contributed by atoms with E-state index in [1.807, 2.05) is 0 Å². The minimum Gasteiger partial charge on any atom is -0.354 e. The molecule has 2 N–H and O–H groups in total. The minimum absolute atomic E-state index is 0.0322. The summed E-state index contributed by atoms with van der Waals surface area (Å²) in [6.45, 7) is 0. The summed E-state index contributed by atoms with van der Waals surface area (Å²) >= 11 is 5.73. The van der Waals surface area contributed by atoms with Crippen molar-refractivity contribution in [1.29, 1.82) is 0 Å². The van der Waals surface area contributed by atoms with Crippen LogP contribution >= 0.6 is 11.6 Å². The maximum absolute atomic E-state index is 13.1. The molecule has 1 aromatic carbocycles. The molecule has 0 atom stereocenters. The van der Waals surface area contributed by atoms with Crippen LogP contribution in [-0.2, 0) is 4.79 Å². The highest BCUT2D eigenvalue weighted by atomic mass is 35.5. The number of pyridine rings is 1. The molecule has 1 aliphatic carbocycles. The Morgan fingerprint density at radius 1 is 1.23 bits per heavy atom. The molecule has 1 fully saturated rings. The van der Waals surface area contributed by atoms with Gasteiger partial charge in [0.2, 0.25) is 5.91 Å². The zero-order valence-corrected chi connectivity index (χ0v) is 12.5. The summed E-state index contributed by atoms with van der Waals surface area (Å²) in [4.78, 5) is 16.0. The molecule has 22 heavy (non-hydrogen) atoms. The maximum atomic E-state index is 13.1. The lowest BCUT2D eigenvalue weighted by atomic mass is 9.85. The van der Waals surface area contributed by atoms with Crippen LogP contribution in [0, 0.1) is 11.7 Å². The van der Waals surface area contributed by atoms with Crippen molar-refractivity contribution in [3.8, 4) is 0 Å². The van der Waals surface area contributed by atoms with Gasteiger partial charge in [-0.1, -0.05) is 18.0 Å². The van der Waals surface area contributed by atoms with Gasteiger partial charge < -0.3 is 10.6 Å². The van der Waals surface area contributed by atoms with Crippen LogP contribution < -0.4 is 10.6 Å². The number of rotatable bonds is 4. The summed E-state index contributed by atoms with van der Waals surface area (Å²) in [5, 5.41) is 5.93. The molecule has 0 bridgehead atoms. The van der Waals surface area contributed by atoms with Gasteiger partial charge in [0.25, 0.3) is 0 Å². The van der Waals surface area contributed by atoms with Crippen molar-refractivity contribution in [2.24, 2.45) is 5.92 Å². The van der Waals surface area contributed by atoms with Gasteiger partial charge in [-0.2, -0.15) is 0 Å². The molecule has 4 nitrogen and oxygen atoms in total. The summed E-state index contributed by atoms with van der Waals surface area (Å²) in [6, 6.07) is 7.91. The van der Waals surface area contributed by atoms with E-state index in [0.29, 0.717) is 11.5 Å². The molecule has 1 aromatic heterocycles. The fourth-order valence-electron chi connectivity index (χ4n) is 2.18. The molecule has 1 aliphatic rings. The van der Waals surface area contributed by atoms with Crippen LogP contribution in [0.2, 0.25) is 5.02 Å². The van der Waals surface area contributed by atoms with Crippen LogP contribution in [0.3, 0.4) is 0 Å². The molecule has 1 amide bonds. The SMILES string of the molecule is O=C(Nc1ccc(Nc2ccc(F)c(Cl)c2)cn1)C1CCC1. The highest BCUT2D eigenvalue weighted by Gasteiger charge is 2.25. The van der Waals surface area contributed by atoms with Gasteiger partial charge in [0.15, 0.2) is 0 Å². The maximum Gasteiger partial charge on any atom is 0.228 e. The van der Waals surface area contributed by atoms with Crippen LogP contribution in [-0.4, -0.2) is 10.9 Å². The van der Waals surface area contributed by atoms with Gasteiger partial charge >= 0.3 is 0 Å². The second-order valence-corrected chi connectivity index (χ2v) is 5.71. The van der Waals surface area contributed by atoms with Gasteiger partial charge in [-0.3, -0.25) is 4.79 Å². The molecule has 1 heterocycles. The van der Waals surface area contributed by atoms with E-state index in [-0.39, 0.29) is 16.8 Å². The number of carbonyl (C=O) groups excluding carboxylic acids is 1. The Morgan fingerprint density at radius 3 is 2.59 bits per heavy atom. The quantitative estimate of drug-likeness (QED) is 0.880. The lowest BCUT2D eigenvalue weighted by Crippen LogP contribution is -2.28. The molecule has 0 aliphatic heterocycles. The van der Waals surface area contributed by atoms with E-state index >= 15 is 0 Å². The van der Waals surface area contributed by atoms with E-state index in [2.05, 4.69) is 15.6 Å². The molecule has 114 valence electrons. The van der Waals surface area contributed by atoms with Gasteiger partial charge in [0, 0.05) is 11.6 Å². The largest absolute Gasteiger partial charge is 0.354 e. The second-order valence-electron chi connectivity index (χ2n) is 5.30. The van der Waals surface area contributed by atoms with Crippen molar-refractivity contribution in [3.05, 3.63) is 47.4 Å². The van der Waals surface area contributed by atoms with Gasteiger partial charge in [-0.25, -0.2) is 9.37 Å². The van der Waals surface area contributed by atoms with Crippen molar-refractivity contribution in [3.63, 3.8) is 0 Å². The Hall–Kier alpha value is -2.14. The monoisotopic (exact) mass is 319 g/mol. The number of nitrogens with zero attached hydrogens (tertiary/aromatic N) is 1. The average Bonchev–Trinajstić information content (AvgIpc) is 2.43. The molecule has 0 radical (unpaired) electrons. The Bertz CT molecular complexity index is 686. The normalized spacial score (nSPS) is 14.3. The van der Waals surface area contributed by atoms with E-state index in [4.69, 9.17) is 11.6 Å². The summed E-state index contributed by atoms with van der Waals surface area (Å²) < 4.78 is 13.1. The molecule has 6 heteroatoms. The summed E-state index contributed by atoms with van der Waals surface area (Å²) in [5.74, 6) is 0.227. The smallest absolute Gasteiger partial charge is 0.228 e. The Morgan fingerprint density at radius 2 is 2.00 bits per heavy atom. The van der Waals surface area contributed by atoms with Crippen LogP contribution in [0.15, 0.2) is 36.5 Å². The lowest BCUT2D eigenvalue weighted by molar-refractivity contribution is -0.122. The van der Waals surface area contributed by atoms with Gasteiger partial charge in [-0.15, -0.1) is 0 Å². The van der Waals surface area contributed by atoms with E-state index in [9.17, 15) is 9.18 Å². The number of carbonyl (C=O) groups is 1. The predicted molar refractivity (Wildman–Crippen MR) is 84.9 cm³/mol. The van der Waals surface area contributed by atoms with E-state index in [1.54, 1.807) is 24.4 Å². The number of hydrogen-bond donors (Lipinski definition) is 2. The lowest BCUT2D eigenvalue weighted by Gasteiger charge is -2.23. The topological polar surface area (TPSA) is 54.0 Å². The van der Waals surface area contributed by atoms with Crippen LogP contribution in [0.4, 0.5) is 21.6 Å². The molecular formula is C16H15ClFN3O. The number of nitrogens with one attached hydrogen (secondary N) is 2. The zero-order chi connectivity index (χ0) is 15.5. The first-order valence-electron chi connectivity index (χ1n) is 7.11. The van der Waals surface area contributed by atoms with Crippen LogP contribution in [0.1, 0.15) is 19.3 Å². The van der Waals surface area contributed by atoms with Gasteiger partial charge in [0.05, 0.1) is 16.9 Å². The predicted octanol–water partition coefficient (Wildman–Crippen LogP) is 4.36. The molecular weight excluding hydrogens is 305 g/mol. The zero-order valence-electron chi connectivity index (χ0n) is 11.8. The number of amides is 1. The highest BCUT2D eigenvalue weighted by Crippen LogP contribution is 2.27. The fourth-order valence-corrected chi connectivity index (χ4v) is 2.36. The molecule has 0 spiro atoms. The van der Waals surface area contributed by atoms with Crippen molar-refractivity contribution >= 4 is 34.7 Å². The van der Waals surface area contributed by atoms with E-state index in [1.165, 1.54) is 12.1 Å². The van der Waals surface area contributed by atoms with Crippen LogP contribution in [0.25, 0.3) is 0 Å². The number of anilines is 3. The molecule has 0 saturated heterocycles.